The predicted molar refractivity (Wildman–Crippen MR) is 63.7 cm³/mol. The number of carbonyl (C=O) groups is 1. The summed E-state index contributed by atoms with van der Waals surface area (Å²) >= 11 is 0. The summed E-state index contributed by atoms with van der Waals surface area (Å²) in [7, 11) is 1.92. The molecule has 0 bridgehead atoms. The third-order valence-corrected chi connectivity index (χ3v) is 3.31. The molecule has 0 aromatic carbocycles. The first kappa shape index (κ1) is 12.1. The van der Waals surface area contributed by atoms with E-state index in [9.17, 15) is 4.79 Å². The minimum Gasteiger partial charge on any atom is -0.378 e. The van der Waals surface area contributed by atoms with E-state index in [-0.39, 0.29) is 5.91 Å². The van der Waals surface area contributed by atoms with Crippen LogP contribution < -0.4 is 0 Å². The molecular formula is C12H19N3O2. The van der Waals surface area contributed by atoms with Gasteiger partial charge in [-0.2, -0.15) is 5.10 Å². The summed E-state index contributed by atoms with van der Waals surface area (Å²) < 4.78 is 7.07. The molecule has 1 aromatic heterocycles. The second kappa shape index (κ2) is 5.31. The van der Waals surface area contributed by atoms with Crippen molar-refractivity contribution in [3.63, 3.8) is 0 Å². The van der Waals surface area contributed by atoms with Gasteiger partial charge >= 0.3 is 0 Å². The largest absolute Gasteiger partial charge is 0.378 e. The van der Waals surface area contributed by atoms with Crippen LogP contribution in [-0.2, 0) is 23.0 Å². The normalized spacial score (nSPS) is 16.2. The van der Waals surface area contributed by atoms with Crippen LogP contribution in [-0.4, -0.2) is 46.9 Å². The first-order valence-electron chi connectivity index (χ1n) is 6.01. The Hall–Kier alpha value is -1.36. The Morgan fingerprint density at radius 3 is 2.76 bits per heavy atom. The summed E-state index contributed by atoms with van der Waals surface area (Å²) in [5.74, 6) is 0.219. The Bertz CT molecular complexity index is 394. The Morgan fingerprint density at radius 1 is 1.47 bits per heavy atom. The molecule has 1 fully saturated rings. The predicted octanol–water partition coefficient (Wildman–Crippen LogP) is 0.520. The molecule has 5 nitrogen and oxygen atoms in total. The number of hydrogen-bond donors (Lipinski definition) is 0. The molecule has 1 saturated heterocycles. The molecule has 0 saturated carbocycles. The number of ether oxygens (including phenoxy) is 1. The first-order chi connectivity index (χ1) is 8.18. The van der Waals surface area contributed by atoms with Gasteiger partial charge in [-0.15, -0.1) is 0 Å². The van der Waals surface area contributed by atoms with Crippen LogP contribution in [0, 0.1) is 6.92 Å². The fourth-order valence-electron chi connectivity index (χ4n) is 2.00. The second-order valence-electron chi connectivity index (χ2n) is 4.37. The molecule has 1 aliphatic heterocycles. The van der Waals surface area contributed by atoms with E-state index in [4.69, 9.17) is 4.74 Å². The fraction of sp³-hybridized carbons (Fsp3) is 0.667. The molecule has 0 N–H and O–H groups in total. The quantitative estimate of drug-likeness (QED) is 0.770. The maximum absolute atomic E-state index is 11.9. The molecule has 0 atom stereocenters. The van der Waals surface area contributed by atoms with Crippen LogP contribution in [0.3, 0.4) is 0 Å². The highest BCUT2D eigenvalue weighted by molar-refractivity contribution is 5.76. The Kier molecular flexibility index (Phi) is 3.78. The van der Waals surface area contributed by atoms with E-state index >= 15 is 0 Å². The van der Waals surface area contributed by atoms with Crippen molar-refractivity contribution in [1.82, 2.24) is 14.7 Å². The summed E-state index contributed by atoms with van der Waals surface area (Å²) in [6, 6.07) is 0. The molecule has 1 aliphatic rings. The zero-order chi connectivity index (χ0) is 12.3. The number of amides is 1. The number of hydrogen-bond acceptors (Lipinski definition) is 3. The monoisotopic (exact) mass is 237 g/mol. The van der Waals surface area contributed by atoms with Crippen LogP contribution in [0.5, 0.6) is 0 Å². The van der Waals surface area contributed by atoms with Crippen LogP contribution in [0.1, 0.15) is 17.7 Å². The maximum atomic E-state index is 11.9. The van der Waals surface area contributed by atoms with Gasteiger partial charge in [0, 0.05) is 32.3 Å². The lowest BCUT2D eigenvalue weighted by atomic mass is 10.1. The van der Waals surface area contributed by atoms with Gasteiger partial charge in [0.25, 0.3) is 0 Å². The summed E-state index contributed by atoms with van der Waals surface area (Å²) in [6.45, 7) is 4.81. The summed E-state index contributed by atoms with van der Waals surface area (Å²) in [4.78, 5) is 13.8. The molecule has 2 heterocycles. The van der Waals surface area contributed by atoms with Crippen LogP contribution in [0.4, 0.5) is 0 Å². The number of aromatic nitrogens is 2. The molecule has 0 unspecified atom stereocenters. The number of aryl methyl sites for hydroxylation is 2. The van der Waals surface area contributed by atoms with Crippen LogP contribution in [0.15, 0.2) is 6.20 Å². The van der Waals surface area contributed by atoms with Gasteiger partial charge in [0.1, 0.15) is 0 Å². The molecule has 1 amide bonds. The molecule has 17 heavy (non-hydrogen) atoms. The number of carbonyl (C=O) groups excluding carboxylic acids is 1. The van der Waals surface area contributed by atoms with Gasteiger partial charge in [-0.1, -0.05) is 0 Å². The van der Waals surface area contributed by atoms with Gasteiger partial charge < -0.3 is 9.64 Å². The molecule has 5 heteroatoms. The minimum absolute atomic E-state index is 0.219. The lowest BCUT2D eigenvalue weighted by Crippen LogP contribution is -2.40. The summed E-state index contributed by atoms with van der Waals surface area (Å²) in [5.41, 5.74) is 2.30. The van der Waals surface area contributed by atoms with Gasteiger partial charge in [-0.25, -0.2) is 0 Å². The standard InChI is InChI=1S/C12H19N3O2/c1-10-11(9-13-14(10)2)3-4-12(16)15-5-7-17-8-6-15/h9H,3-8H2,1-2H3. The van der Waals surface area contributed by atoms with Crippen molar-refractivity contribution in [3.05, 3.63) is 17.5 Å². The van der Waals surface area contributed by atoms with Gasteiger partial charge in [0.15, 0.2) is 0 Å². The molecular weight excluding hydrogens is 218 g/mol. The SMILES string of the molecule is Cc1c(CCC(=O)N2CCOCC2)cnn1C. The van der Waals surface area contributed by atoms with Gasteiger partial charge in [0.05, 0.1) is 19.4 Å². The van der Waals surface area contributed by atoms with Crippen molar-refractivity contribution >= 4 is 5.91 Å². The van der Waals surface area contributed by atoms with Crippen molar-refractivity contribution in [2.24, 2.45) is 7.05 Å². The highest BCUT2D eigenvalue weighted by Crippen LogP contribution is 2.10. The van der Waals surface area contributed by atoms with E-state index in [1.54, 1.807) is 0 Å². The average Bonchev–Trinajstić information content (AvgIpc) is 2.68. The van der Waals surface area contributed by atoms with Crippen molar-refractivity contribution in [1.29, 1.82) is 0 Å². The van der Waals surface area contributed by atoms with Crippen LogP contribution >= 0.6 is 0 Å². The van der Waals surface area contributed by atoms with E-state index in [2.05, 4.69) is 5.10 Å². The van der Waals surface area contributed by atoms with E-state index in [1.807, 2.05) is 29.7 Å². The fourth-order valence-corrected chi connectivity index (χ4v) is 2.00. The van der Waals surface area contributed by atoms with E-state index < -0.39 is 0 Å². The van der Waals surface area contributed by atoms with E-state index in [1.165, 1.54) is 0 Å². The lowest BCUT2D eigenvalue weighted by Gasteiger charge is -2.26. The summed E-state index contributed by atoms with van der Waals surface area (Å²) in [6.07, 6.45) is 3.18. The molecule has 94 valence electrons. The number of rotatable bonds is 3. The zero-order valence-corrected chi connectivity index (χ0v) is 10.5. The smallest absolute Gasteiger partial charge is 0.223 e. The molecule has 1 aromatic rings. The van der Waals surface area contributed by atoms with E-state index in [0.717, 1.165) is 30.8 Å². The molecule has 0 aliphatic carbocycles. The van der Waals surface area contributed by atoms with Gasteiger partial charge in [-0.3, -0.25) is 9.48 Å². The molecule has 2 rings (SSSR count). The van der Waals surface area contributed by atoms with Crippen molar-refractivity contribution < 1.29 is 9.53 Å². The van der Waals surface area contributed by atoms with Gasteiger partial charge in [-0.05, 0) is 18.9 Å². The van der Waals surface area contributed by atoms with Gasteiger partial charge in [0.2, 0.25) is 5.91 Å². The molecule has 0 radical (unpaired) electrons. The number of nitrogens with zero attached hydrogens (tertiary/aromatic N) is 3. The van der Waals surface area contributed by atoms with Crippen LogP contribution in [0.25, 0.3) is 0 Å². The lowest BCUT2D eigenvalue weighted by molar-refractivity contribution is -0.135. The number of morpholine rings is 1. The third-order valence-electron chi connectivity index (χ3n) is 3.31. The third kappa shape index (κ3) is 2.85. The summed E-state index contributed by atoms with van der Waals surface area (Å²) in [5, 5.41) is 4.18. The minimum atomic E-state index is 0.219. The molecule has 0 spiro atoms. The van der Waals surface area contributed by atoms with Crippen molar-refractivity contribution in [2.45, 2.75) is 19.8 Å². The Balaban J connectivity index is 1.85. The second-order valence-corrected chi connectivity index (χ2v) is 4.37. The first-order valence-corrected chi connectivity index (χ1v) is 6.01. The topological polar surface area (TPSA) is 47.4 Å². The van der Waals surface area contributed by atoms with Crippen LogP contribution in [0.2, 0.25) is 0 Å². The van der Waals surface area contributed by atoms with Crippen molar-refractivity contribution in [2.75, 3.05) is 26.3 Å². The average molecular weight is 237 g/mol. The highest BCUT2D eigenvalue weighted by atomic mass is 16.5. The van der Waals surface area contributed by atoms with Crippen molar-refractivity contribution in [3.8, 4) is 0 Å². The Labute approximate surface area is 101 Å². The zero-order valence-electron chi connectivity index (χ0n) is 10.5. The Morgan fingerprint density at radius 2 is 2.18 bits per heavy atom. The maximum Gasteiger partial charge on any atom is 0.223 e. The van der Waals surface area contributed by atoms with E-state index in [0.29, 0.717) is 19.6 Å². The highest BCUT2D eigenvalue weighted by Gasteiger charge is 2.17.